The predicted octanol–water partition coefficient (Wildman–Crippen LogP) is 4.55. The van der Waals surface area contributed by atoms with Gasteiger partial charge in [-0.3, -0.25) is 14.4 Å². The SMILES string of the molecule is [2H][C@@]1(C(=O)N[C@@](C)(Cc2ccccc2)C(=O)NCCCNC(=O)OCc2ccccc2)CCCN1C(=O)CCCc1ccccc1. The Bertz CT molecular complexity index is 1440. The van der Waals surface area contributed by atoms with Crippen LogP contribution in [-0.4, -0.2) is 59.9 Å². The zero-order valence-electron chi connectivity index (χ0n) is 26.9. The van der Waals surface area contributed by atoms with Gasteiger partial charge in [0.2, 0.25) is 17.7 Å². The number of likely N-dealkylation sites (tertiary alicyclic amines) is 1. The second-order valence-corrected chi connectivity index (χ2v) is 11.5. The van der Waals surface area contributed by atoms with Gasteiger partial charge in [0.05, 0.1) is 1.37 Å². The van der Waals surface area contributed by atoms with E-state index >= 15 is 0 Å². The van der Waals surface area contributed by atoms with E-state index in [-0.39, 0.29) is 44.9 Å². The molecule has 3 N–H and O–H groups in total. The number of carbonyl (C=O) groups excluding carboxylic acids is 4. The Balaban J connectivity index is 1.32. The van der Waals surface area contributed by atoms with E-state index in [1.54, 1.807) is 6.92 Å². The molecule has 3 aromatic carbocycles. The molecule has 0 spiro atoms. The topological polar surface area (TPSA) is 117 Å². The van der Waals surface area contributed by atoms with E-state index in [1.165, 1.54) is 4.90 Å². The Morgan fingerprint density at radius 3 is 2.11 bits per heavy atom. The zero-order valence-corrected chi connectivity index (χ0v) is 25.9. The summed E-state index contributed by atoms with van der Waals surface area (Å²) in [6, 6.07) is 26.8. The van der Waals surface area contributed by atoms with Crippen molar-refractivity contribution in [1.82, 2.24) is 20.9 Å². The molecule has 1 fully saturated rings. The largest absolute Gasteiger partial charge is 0.445 e. The summed E-state index contributed by atoms with van der Waals surface area (Å²) in [5.41, 5.74) is 1.46. The van der Waals surface area contributed by atoms with Crippen molar-refractivity contribution < 1.29 is 25.3 Å². The highest BCUT2D eigenvalue weighted by molar-refractivity contribution is 5.94. The number of amides is 4. The molecule has 4 amide bonds. The second kappa shape index (κ2) is 17.0. The Morgan fingerprint density at radius 1 is 0.844 bits per heavy atom. The molecule has 238 valence electrons. The summed E-state index contributed by atoms with van der Waals surface area (Å²) in [5.74, 6) is -1.32. The van der Waals surface area contributed by atoms with E-state index in [0.29, 0.717) is 25.8 Å². The number of nitrogens with one attached hydrogen (secondary N) is 3. The summed E-state index contributed by atoms with van der Waals surface area (Å²) < 4.78 is 14.3. The van der Waals surface area contributed by atoms with Crippen molar-refractivity contribution in [2.75, 3.05) is 19.6 Å². The maximum absolute atomic E-state index is 13.8. The molecule has 0 aromatic heterocycles. The highest BCUT2D eigenvalue weighted by Crippen LogP contribution is 2.22. The highest BCUT2D eigenvalue weighted by Gasteiger charge is 2.40. The van der Waals surface area contributed by atoms with Crippen LogP contribution in [0.5, 0.6) is 0 Å². The maximum Gasteiger partial charge on any atom is 0.407 e. The lowest BCUT2D eigenvalue weighted by Gasteiger charge is -2.33. The zero-order chi connectivity index (χ0) is 32.8. The molecule has 9 heteroatoms. The van der Waals surface area contributed by atoms with E-state index < -0.39 is 29.5 Å². The number of hydrogen-bond donors (Lipinski definition) is 3. The molecule has 0 aliphatic carbocycles. The van der Waals surface area contributed by atoms with Crippen LogP contribution >= 0.6 is 0 Å². The van der Waals surface area contributed by atoms with Crippen LogP contribution in [0, 0.1) is 0 Å². The number of ether oxygens (including phenoxy) is 1. The minimum atomic E-state index is -1.80. The van der Waals surface area contributed by atoms with Gasteiger partial charge >= 0.3 is 6.09 Å². The number of alkyl carbamates (subject to hydrolysis) is 1. The van der Waals surface area contributed by atoms with Gasteiger partial charge in [-0.25, -0.2) is 4.79 Å². The quantitative estimate of drug-likeness (QED) is 0.218. The summed E-state index contributed by atoms with van der Waals surface area (Å²) in [6.45, 7) is 2.65. The number of nitrogens with zero attached hydrogens (tertiary/aromatic N) is 1. The fraction of sp³-hybridized carbons (Fsp3) is 0.389. The van der Waals surface area contributed by atoms with Crippen LogP contribution in [0.2, 0.25) is 0 Å². The van der Waals surface area contributed by atoms with Crippen LogP contribution in [0.25, 0.3) is 0 Å². The van der Waals surface area contributed by atoms with Crippen LogP contribution in [0.1, 0.15) is 57.1 Å². The van der Waals surface area contributed by atoms with Gasteiger partial charge in [0.25, 0.3) is 0 Å². The molecule has 4 rings (SSSR count). The van der Waals surface area contributed by atoms with E-state index in [2.05, 4.69) is 16.0 Å². The van der Waals surface area contributed by atoms with Crippen LogP contribution in [0.4, 0.5) is 4.79 Å². The van der Waals surface area contributed by atoms with Gasteiger partial charge in [-0.05, 0) is 55.7 Å². The number of carbonyl (C=O) groups is 4. The van der Waals surface area contributed by atoms with Gasteiger partial charge < -0.3 is 25.6 Å². The summed E-state index contributed by atoms with van der Waals surface area (Å²) >= 11 is 0. The van der Waals surface area contributed by atoms with Crippen LogP contribution in [0.15, 0.2) is 91.0 Å². The second-order valence-electron chi connectivity index (χ2n) is 11.5. The van der Waals surface area contributed by atoms with Crippen molar-refractivity contribution in [1.29, 1.82) is 0 Å². The number of hydrogen-bond acceptors (Lipinski definition) is 5. The van der Waals surface area contributed by atoms with Gasteiger partial charge in [0.1, 0.15) is 18.2 Å². The fourth-order valence-electron chi connectivity index (χ4n) is 5.37. The van der Waals surface area contributed by atoms with Gasteiger partial charge in [-0.15, -0.1) is 0 Å². The third kappa shape index (κ3) is 10.5. The number of aryl methyl sites for hydroxylation is 1. The molecule has 1 aliphatic heterocycles. The van der Waals surface area contributed by atoms with Crippen molar-refractivity contribution in [2.45, 2.75) is 70.0 Å². The van der Waals surface area contributed by atoms with Crippen molar-refractivity contribution >= 4 is 23.8 Å². The van der Waals surface area contributed by atoms with Crippen LogP contribution < -0.4 is 16.0 Å². The molecular weight excluding hydrogens is 568 g/mol. The van der Waals surface area contributed by atoms with Gasteiger partial charge in [-0.2, -0.15) is 0 Å². The van der Waals surface area contributed by atoms with Crippen molar-refractivity contribution in [3.8, 4) is 0 Å². The summed E-state index contributed by atoms with van der Waals surface area (Å²) in [7, 11) is 0. The molecule has 3 aromatic rings. The molecule has 9 nitrogen and oxygen atoms in total. The lowest BCUT2D eigenvalue weighted by Crippen LogP contribution is -2.61. The van der Waals surface area contributed by atoms with Gasteiger partial charge in [0.15, 0.2) is 0 Å². The third-order valence-electron chi connectivity index (χ3n) is 7.80. The van der Waals surface area contributed by atoms with E-state index in [9.17, 15) is 19.2 Å². The first-order valence-electron chi connectivity index (χ1n) is 16.1. The lowest BCUT2D eigenvalue weighted by molar-refractivity contribution is -0.141. The number of rotatable bonds is 15. The molecule has 2 atom stereocenters. The Morgan fingerprint density at radius 2 is 1.44 bits per heavy atom. The molecule has 0 saturated carbocycles. The summed E-state index contributed by atoms with van der Waals surface area (Å²) in [5, 5.41) is 8.41. The minimum Gasteiger partial charge on any atom is -0.445 e. The molecule has 1 saturated heterocycles. The summed E-state index contributed by atoms with van der Waals surface area (Å²) in [6.07, 6.45) is 2.39. The van der Waals surface area contributed by atoms with Crippen molar-refractivity contribution in [3.05, 3.63) is 108 Å². The Kier molecular flexibility index (Phi) is 12.0. The first-order valence-corrected chi connectivity index (χ1v) is 15.6. The summed E-state index contributed by atoms with van der Waals surface area (Å²) in [4.78, 5) is 54.0. The van der Waals surface area contributed by atoms with E-state index in [1.807, 2.05) is 91.0 Å². The third-order valence-corrected chi connectivity index (χ3v) is 7.80. The smallest absolute Gasteiger partial charge is 0.407 e. The Hall–Kier alpha value is -4.66. The molecule has 45 heavy (non-hydrogen) atoms. The fourth-order valence-corrected chi connectivity index (χ4v) is 5.37. The van der Waals surface area contributed by atoms with Crippen LogP contribution in [0.3, 0.4) is 0 Å². The first-order chi connectivity index (χ1) is 22.2. The normalized spacial score (nSPS) is 17.4. The molecule has 0 radical (unpaired) electrons. The molecule has 0 bridgehead atoms. The monoisotopic (exact) mass is 613 g/mol. The van der Waals surface area contributed by atoms with Crippen molar-refractivity contribution in [2.24, 2.45) is 0 Å². The maximum atomic E-state index is 13.8. The van der Waals surface area contributed by atoms with E-state index in [4.69, 9.17) is 6.11 Å². The molecule has 1 heterocycles. The Labute approximate surface area is 267 Å². The first kappa shape index (κ1) is 31.8. The lowest BCUT2D eigenvalue weighted by atomic mass is 9.91. The van der Waals surface area contributed by atoms with Crippen LogP contribution in [-0.2, 0) is 38.6 Å². The molecule has 0 unspecified atom stereocenters. The molecule has 1 aliphatic rings. The van der Waals surface area contributed by atoms with Gasteiger partial charge in [0, 0.05) is 32.5 Å². The number of benzene rings is 3. The minimum absolute atomic E-state index is 0.162. The average molecular weight is 614 g/mol. The molecular formula is C36H44N4O5. The van der Waals surface area contributed by atoms with Crippen molar-refractivity contribution in [3.63, 3.8) is 0 Å². The average Bonchev–Trinajstić information content (AvgIpc) is 3.47. The standard InChI is InChI=1S/C36H44N4O5/c1-36(26-29-16-7-3-8-17-29,34(43)37-23-13-24-38-35(44)45-27-30-18-9-4-10-19-30)39-33(42)31-21-12-25-40(31)32(41)22-11-20-28-14-5-2-6-15-28/h2-10,14-19,31H,11-13,20-27H2,1H3,(H,37,43)(H,38,44)(H,39,42)/t31-,36-/m0/s1/i31D. The predicted molar refractivity (Wildman–Crippen MR) is 173 cm³/mol. The highest BCUT2D eigenvalue weighted by atomic mass is 16.5. The van der Waals surface area contributed by atoms with Gasteiger partial charge in [-0.1, -0.05) is 91.0 Å². The van der Waals surface area contributed by atoms with E-state index in [0.717, 1.165) is 23.1 Å².